The maximum Gasteiger partial charge on any atom is 0.270 e. The Hall–Kier alpha value is -1.00. The fourth-order valence-electron chi connectivity index (χ4n) is 1.75. The van der Waals surface area contributed by atoms with E-state index in [1.807, 2.05) is 11.5 Å². The van der Waals surface area contributed by atoms with Crippen LogP contribution in [-0.2, 0) is 6.54 Å². The van der Waals surface area contributed by atoms with Crippen LogP contribution in [0.5, 0.6) is 0 Å². The molecule has 0 saturated carbocycles. The van der Waals surface area contributed by atoms with Crippen molar-refractivity contribution in [1.82, 2.24) is 9.47 Å². The van der Waals surface area contributed by atoms with Gasteiger partial charge in [0.05, 0.1) is 11.1 Å². The van der Waals surface area contributed by atoms with E-state index in [0.717, 1.165) is 13.0 Å². The summed E-state index contributed by atoms with van der Waals surface area (Å²) in [5, 5.41) is 9.83. The third-order valence-corrected chi connectivity index (χ3v) is 2.64. The third kappa shape index (κ3) is 3.75. The van der Waals surface area contributed by atoms with Gasteiger partial charge in [-0.3, -0.25) is 4.79 Å². The van der Waals surface area contributed by atoms with Crippen LogP contribution in [0.1, 0.15) is 30.8 Å². The standard InChI is InChI=1S/C12H19ClN2O2/c1-4-5-15-8-10(13)6-11(15)12(17)14(3)7-9(2)16/h6,8-9,16H,4-5,7H2,1-3H3. The fraction of sp³-hybridized carbons (Fsp3) is 0.583. The van der Waals surface area contributed by atoms with Crippen LogP contribution in [0.15, 0.2) is 12.3 Å². The van der Waals surface area contributed by atoms with E-state index in [0.29, 0.717) is 17.3 Å². The minimum atomic E-state index is -0.533. The SMILES string of the molecule is CCCn1cc(Cl)cc1C(=O)N(C)CC(C)O. The number of carbonyl (C=O) groups is 1. The molecule has 0 bridgehead atoms. The van der Waals surface area contributed by atoms with Gasteiger partial charge in [0.15, 0.2) is 0 Å². The molecule has 0 aliphatic rings. The van der Waals surface area contributed by atoms with E-state index < -0.39 is 6.10 Å². The van der Waals surface area contributed by atoms with Crippen molar-refractivity contribution in [2.45, 2.75) is 32.9 Å². The van der Waals surface area contributed by atoms with Crippen molar-refractivity contribution in [3.63, 3.8) is 0 Å². The molecule has 0 spiro atoms. The first-order valence-corrected chi connectivity index (χ1v) is 6.12. The Bertz CT molecular complexity index is 388. The highest BCUT2D eigenvalue weighted by Crippen LogP contribution is 2.16. The van der Waals surface area contributed by atoms with Crippen molar-refractivity contribution < 1.29 is 9.90 Å². The minimum absolute atomic E-state index is 0.119. The molecule has 0 saturated heterocycles. The zero-order valence-electron chi connectivity index (χ0n) is 10.5. The Kier molecular flexibility index (Phi) is 5.02. The summed E-state index contributed by atoms with van der Waals surface area (Å²) in [6.07, 6.45) is 2.16. The summed E-state index contributed by atoms with van der Waals surface area (Å²) < 4.78 is 1.85. The molecule has 4 nitrogen and oxygen atoms in total. The molecule has 0 aromatic carbocycles. The van der Waals surface area contributed by atoms with E-state index in [-0.39, 0.29) is 5.91 Å². The maximum absolute atomic E-state index is 12.1. The van der Waals surface area contributed by atoms with Crippen LogP contribution in [0, 0.1) is 0 Å². The monoisotopic (exact) mass is 258 g/mol. The number of amides is 1. The van der Waals surface area contributed by atoms with E-state index in [2.05, 4.69) is 0 Å². The normalized spacial score (nSPS) is 12.5. The first-order valence-electron chi connectivity index (χ1n) is 5.75. The molecule has 96 valence electrons. The molecule has 1 N–H and O–H groups in total. The summed E-state index contributed by atoms with van der Waals surface area (Å²) >= 11 is 5.91. The number of likely N-dealkylation sites (N-methyl/N-ethyl adjacent to an activating group) is 1. The number of aliphatic hydroxyl groups is 1. The molecule has 1 unspecified atom stereocenters. The Morgan fingerprint density at radius 3 is 2.82 bits per heavy atom. The molecular weight excluding hydrogens is 240 g/mol. The second-order valence-corrected chi connectivity index (χ2v) is 4.71. The van der Waals surface area contributed by atoms with Gasteiger partial charge in [0, 0.05) is 26.3 Å². The zero-order chi connectivity index (χ0) is 13.0. The maximum atomic E-state index is 12.1. The lowest BCUT2D eigenvalue weighted by Crippen LogP contribution is -2.34. The van der Waals surface area contributed by atoms with Crippen molar-refractivity contribution in [3.05, 3.63) is 23.0 Å². The van der Waals surface area contributed by atoms with Crippen molar-refractivity contribution in [2.24, 2.45) is 0 Å². The zero-order valence-corrected chi connectivity index (χ0v) is 11.2. The first kappa shape index (κ1) is 14.1. The predicted octanol–water partition coefficient (Wildman–Crippen LogP) is 2.00. The Morgan fingerprint density at radius 1 is 1.65 bits per heavy atom. The van der Waals surface area contributed by atoms with Gasteiger partial charge < -0.3 is 14.6 Å². The van der Waals surface area contributed by atoms with E-state index in [1.165, 1.54) is 4.90 Å². The van der Waals surface area contributed by atoms with Gasteiger partial charge >= 0.3 is 0 Å². The van der Waals surface area contributed by atoms with Gasteiger partial charge in [-0.25, -0.2) is 0 Å². The average molecular weight is 259 g/mol. The molecule has 0 aliphatic heterocycles. The molecule has 1 heterocycles. The molecule has 1 aromatic rings. The number of aromatic nitrogens is 1. The van der Waals surface area contributed by atoms with Gasteiger partial charge in [0.25, 0.3) is 5.91 Å². The lowest BCUT2D eigenvalue weighted by molar-refractivity contribution is 0.0693. The largest absolute Gasteiger partial charge is 0.392 e. The Labute approximate surface area is 107 Å². The molecule has 5 heteroatoms. The van der Waals surface area contributed by atoms with Crippen molar-refractivity contribution >= 4 is 17.5 Å². The van der Waals surface area contributed by atoms with Crippen LogP contribution in [-0.4, -0.2) is 40.2 Å². The summed E-state index contributed by atoms with van der Waals surface area (Å²) in [5.74, 6) is -0.119. The van der Waals surface area contributed by atoms with Crippen molar-refractivity contribution in [3.8, 4) is 0 Å². The lowest BCUT2D eigenvalue weighted by Gasteiger charge is -2.19. The van der Waals surface area contributed by atoms with Gasteiger partial charge in [0.2, 0.25) is 0 Å². The van der Waals surface area contributed by atoms with Gasteiger partial charge in [-0.1, -0.05) is 18.5 Å². The third-order valence-electron chi connectivity index (χ3n) is 2.43. The predicted molar refractivity (Wildman–Crippen MR) is 68.4 cm³/mol. The van der Waals surface area contributed by atoms with Crippen LogP contribution in [0.25, 0.3) is 0 Å². The Balaban J connectivity index is 2.87. The number of carbonyl (C=O) groups excluding carboxylic acids is 1. The Morgan fingerprint density at radius 2 is 2.29 bits per heavy atom. The number of nitrogens with zero attached hydrogens (tertiary/aromatic N) is 2. The molecular formula is C12H19ClN2O2. The van der Waals surface area contributed by atoms with Crippen LogP contribution in [0.2, 0.25) is 5.02 Å². The van der Waals surface area contributed by atoms with Crippen LogP contribution >= 0.6 is 11.6 Å². The summed E-state index contributed by atoms with van der Waals surface area (Å²) in [6, 6.07) is 1.66. The highest BCUT2D eigenvalue weighted by molar-refractivity contribution is 6.31. The summed E-state index contributed by atoms with van der Waals surface area (Å²) in [6.45, 7) is 4.77. The molecule has 1 rings (SSSR count). The molecule has 1 amide bonds. The second-order valence-electron chi connectivity index (χ2n) is 4.27. The summed E-state index contributed by atoms with van der Waals surface area (Å²) in [4.78, 5) is 13.6. The number of halogens is 1. The van der Waals surface area contributed by atoms with E-state index in [9.17, 15) is 9.90 Å². The van der Waals surface area contributed by atoms with Crippen LogP contribution in [0.4, 0.5) is 0 Å². The molecule has 0 radical (unpaired) electrons. The van der Waals surface area contributed by atoms with Crippen molar-refractivity contribution in [2.75, 3.05) is 13.6 Å². The lowest BCUT2D eigenvalue weighted by atomic mass is 10.3. The van der Waals surface area contributed by atoms with Crippen LogP contribution < -0.4 is 0 Å². The van der Waals surface area contributed by atoms with Crippen LogP contribution in [0.3, 0.4) is 0 Å². The smallest absolute Gasteiger partial charge is 0.270 e. The average Bonchev–Trinajstić information content (AvgIpc) is 2.58. The van der Waals surface area contributed by atoms with Gasteiger partial charge in [0.1, 0.15) is 5.69 Å². The molecule has 17 heavy (non-hydrogen) atoms. The fourth-order valence-corrected chi connectivity index (χ4v) is 1.98. The topological polar surface area (TPSA) is 45.5 Å². The molecule has 0 fully saturated rings. The highest BCUT2D eigenvalue weighted by atomic mass is 35.5. The number of aryl methyl sites for hydroxylation is 1. The summed E-state index contributed by atoms with van der Waals surface area (Å²) in [7, 11) is 1.67. The minimum Gasteiger partial charge on any atom is -0.392 e. The van der Waals surface area contributed by atoms with Crippen molar-refractivity contribution in [1.29, 1.82) is 0 Å². The highest BCUT2D eigenvalue weighted by Gasteiger charge is 2.17. The quantitative estimate of drug-likeness (QED) is 0.878. The first-order chi connectivity index (χ1) is 7.95. The molecule has 1 aromatic heterocycles. The molecule has 1 atom stereocenters. The van der Waals surface area contributed by atoms with E-state index >= 15 is 0 Å². The number of hydrogen-bond donors (Lipinski definition) is 1. The molecule has 0 aliphatic carbocycles. The van der Waals surface area contributed by atoms with Gasteiger partial charge in [-0.15, -0.1) is 0 Å². The second kappa shape index (κ2) is 6.07. The van der Waals surface area contributed by atoms with E-state index in [1.54, 1.807) is 26.2 Å². The summed E-state index contributed by atoms with van der Waals surface area (Å²) in [5.41, 5.74) is 0.569. The number of rotatable bonds is 5. The van der Waals surface area contributed by atoms with Gasteiger partial charge in [-0.05, 0) is 19.4 Å². The van der Waals surface area contributed by atoms with E-state index in [4.69, 9.17) is 11.6 Å². The number of aliphatic hydroxyl groups excluding tert-OH is 1. The number of hydrogen-bond acceptors (Lipinski definition) is 2. The van der Waals surface area contributed by atoms with Gasteiger partial charge in [-0.2, -0.15) is 0 Å².